The predicted octanol–water partition coefficient (Wildman–Crippen LogP) is 3.88. The van der Waals surface area contributed by atoms with Crippen LogP contribution in [0.1, 0.15) is 42.6 Å². The molecule has 2 aromatic heterocycles. The van der Waals surface area contributed by atoms with Crippen molar-refractivity contribution in [1.29, 1.82) is 0 Å². The number of methoxy groups -OCH3 is 1. The van der Waals surface area contributed by atoms with E-state index in [1.807, 2.05) is 25.1 Å². The summed E-state index contributed by atoms with van der Waals surface area (Å²) in [6.07, 6.45) is 1.23. The molecule has 3 aromatic rings. The molecule has 0 radical (unpaired) electrons. The molecule has 144 valence electrons. The maximum atomic E-state index is 11.0. The number of para-hydroxylation sites is 1. The van der Waals surface area contributed by atoms with Crippen molar-refractivity contribution in [2.45, 2.75) is 33.2 Å². The average molecular weight is 387 g/mol. The fourth-order valence-corrected chi connectivity index (χ4v) is 5.50. The summed E-state index contributed by atoms with van der Waals surface area (Å²) in [4.78, 5) is 8.51. The highest BCUT2D eigenvalue weighted by Gasteiger charge is 2.35. The Bertz CT molecular complexity index is 941. The molecule has 1 N–H and O–H groups in total. The summed E-state index contributed by atoms with van der Waals surface area (Å²) >= 11 is 1.51. The van der Waals surface area contributed by atoms with Crippen LogP contribution in [0.15, 0.2) is 24.3 Å². The summed E-state index contributed by atoms with van der Waals surface area (Å²) < 4.78 is 7.22. The second-order valence-corrected chi connectivity index (χ2v) is 8.70. The maximum Gasteiger partial charge on any atom is 0.230 e. The first-order valence-corrected chi connectivity index (χ1v) is 10.2. The van der Waals surface area contributed by atoms with Gasteiger partial charge in [0.15, 0.2) is 0 Å². The van der Waals surface area contributed by atoms with Gasteiger partial charge >= 0.3 is 0 Å². The number of fused-ring (bicyclic) bond motifs is 1. The van der Waals surface area contributed by atoms with Crippen molar-refractivity contribution < 1.29 is 9.84 Å². The van der Waals surface area contributed by atoms with E-state index in [9.17, 15) is 5.11 Å². The van der Waals surface area contributed by atoms with Gasteiger partial charge in [0.2, 0.25) is 10.8 Å². The number of benzene rings is 1. The van der Waals surface area contributed by atoms with Crippen LogP contribution in [-0.2, 0) is 0 Å². The summed E-state index contributed by atoms with van der Waals surface area (Å²) in [5.74, 6) is 2.90. The minimum atomic E-state index is -0.0832. The highest BCUT2D eigenvalue weighted by Crippen LogP contribution is 2.44. The van der Waals surface area contributed by atoms with Gasteiger partial charge in [-0.05, 0) is 31.2 Å². The van der Waals surface area contributed by atoms with Gasteiger partial charge in [0, 0.05) is 18.7 Å². The van der Waals surface area contributed by atoms with Crippen LogP contribution < -0.4 is 4.74 Å². The van der Waals surface area contributed by atoms with Gasteiger partial charge in [0.1, 0.15) is 11.6 Å². The minimum absolute atomic E-state index is 0.0832. The van der Waals surface area contributed by atoms with E-state index in [0.717, 1.165) is 34.2 Å². The van der Waals surface area contributed by atoms with Gasteiger partial charge in [-0.1, -0.05) is 43.4 Å². The first-order chi connectivity index (χ1) is 13.0. The minimum Gasteiger partial charge on any atom is -0.496 e. The van der Waals surface area contributed by atoms with E-state index < -0.39 is 0 Å². The predicted molar refractivity (Wildman–Crippen MR) is 107 cm³/mol. The molecule has 6 nitrogen and oxygen atoms in total. The van der Waals surface area contributed by atoms with E-state index in [0.29, 0.717) is 17.7 Å². The molecule has 27 heavy (non-hydrogen) atoms. The molecule has 3 heterocycles. The van der Waals surface area contributed by atoms with Crippen LogP contribution in [0, 0.1) is 18.8 Å². The van der Waals surface area contributed by atoms with Crippen LogP contribution in [0.5, 0.6) is 11.6 Å². The van der Waals surface area contributed by atoms with Crippen molar-refractivity contribution in [1.82, 2.24) is 19.5 Å². The van der Waals surface area contributed by atoms with Gasteiger partial charge in [0.25, 0.3) is 0 Å². The molecular weight excluding hydrogens is 360 g/mol. The summed E-state index contributed by atoms with van der Waals surface area (Å²) in [6, 6.07) is 8.00. The number of aromatic hydroxyl groups is 1. The van der Waals surface area contributed by atoms with Crippen LogP contribution in [0.3, 0.4) is 0 Å². The zero-order chi connectivity index (χ0) is 19.1. The summed E-state index contributed by atoms with van der Waals surface area (Å²) in [7, 11) is 1.70. The number of ether oxygens (including phenoxy) is 1. The van der Waals surface area contributed by atoms with Gasteiger partial charge in [-0.25, -0.2) is 4.98 Å². The molecule has 0 amide bonds. The third-order valence-corrected chi connectivity index (χ3v) is 6.32. The Balaban J connectivity index is 1.87. The summed E-state index contributed by atoms with van der Waals surface area (Å²) in [5, 5.41) is 15.3. The lowest BCUT2D eigenvalue weighted by Crippen LogP contribution is -2.41. The quantitative estimate of drug-likeness (QED) is 0.737. The van der Waals surface area contributed by atoms with Crippen molar-refractivity contribution in [2.75, 3.05) is 20.2 Å². The van der Waals surface area contributed by atoms with Gasteiger partial charge in [-0.3, -0.25) is 4.90 Å². The molecule has 1 aliphatic heterocycles. The van der Waals surface area contributed by atoms with E-state index in [-0.39, 0.29) is 11.9 Å². The second-order valence-electron chi connectivity index (χ2n) is 7.69. The smallest absolute Gasteiger partial charge is 0.230 e. The van der Waals surface area contributed by atoms with Gasteiger partial charge in [-0.2, -0.15) is 4.52 Å². The van der Waals surface area contributed by atoms with E-state index >= 15 is 0 Å². The lowest BCUT2D eigenvalue weighted by Gasteiger charge is -2.40. The van der Waals surface area contributed by atoms with Crippen LogP contribution >= 0.6 is 11.3 Å². The molecule has 0 spiro atoms. The number of hydrogen-bond acceptors (Lipinski definition) is 6. The van der Waals surface area contributed by atoms with E-state index in [2.05, 4.69) is 34.9 Å². The molecule has 0 unspecified atom stereocenters. The monoisotopic (exact) mass is 386 g/mol. The summed E-state index contributed by atoms with van der Waals surface area (Å²) in [5.41, 5.74) is 1.07. The van der Waals surface area contributed by atoms with Crippen molar-refractivity contribution in [3.63, 3.8) is 0 Å². The zero-order valence-electron chi connectivity index (χ0n) is 16.2. The molecule has 0 aliphatic carbocycles. The molecule has 1 aliphatic rings. The molecular formula is C20H26N4O2S. The number of likely N-dealkylation sites (tertiary alicyclic amines) is 1. The Kier molecular flexibility index (Phi) is 4.82. The number of aromatic nitrogens is 3. The Morgan fingerprint density at radius 1 is 1.22 bits per heavy atom. The Morgan fingerprint density at radius 3 is 2.59 bits per heavy atom. The first kappa shape index (κ1) is 18.3. The second kappa shape index (κ2) is 7.13. The summed E-state index contributed by atoms with van der Waals surface area (Å²) in [6.45, 7) is 8.41. The highest BCUT2D eigenvalue weighted by atomic mass is 32.1. The van der Waals surface area contributed by atoms with Gasteiger partial charge in [-0.15, -0.1) is 5.10 Å². The normalized spacial score (nSPS) is 22.2. The number of aryl methyl sites for hydroxylation is 1. The third-order valence-electron chi connectivity index (χ3n) is 5.25. The molecule has 4 rings (SSSR count). The topological polar surface area (TPSA) is 62.9 Å². The number of thiazole rings is 1. The van der Waals surface area contributed by atoms with Crippen molar-refractivity contribution in [2.24, 2.45) is 11.8 Å². The Labute approximate surface area is 163 Å². The molecule has 0 bridgehead atoms. The largest absolute Gasteiger partial charge is 0.496 e. The zero-order valence-corrected chi connectivity index (χ0v) is 17.0. The Hall–Kier alpha value is -2.12. The molecule has 0 saturated carbocycles. The molecule has 1 fully saturated rings. The van der Waals surface area contributed by atoms with Crippen LogP contribution in [0.2, 0.25) is 0 Å². The highest BCUT2D eigenvalue weighted by molar-refractivity contribution is 7.17. The van der Waals surface area contributed by atoms with Crippen LogP contribution in [0.25, 0.3) is 4.96 Å². The van der Waals surface area contributed by atoms with E-state index in [1.54, 1.807) is 11.6 Å². The standard InChI is InChI=1S/C20H26N4O2S/c1-12-9-13(2)11-23(10-12)17(15-7-5-6-8-16(15)26-4)18-19(25)24-20(27-18)21-14(3)22-24/h5-8,12-13,17,25H,9-11H2,1-4H3/t12-,13-,17-/m0/s1. The first-order valence-electron chi connectivity index (χ1n) is 9.40. The van der Waals surface area contributed by atoms with E-state index in [4.69, 9.17) is 4.74 Å². The maximum absolute atomic E-state index is 11.0. The molecule has 7 heteroatoms. The number of rotatable bonds is 4. The average Bonchev–Trinajstić information content (AvgIpc) is 3.13. The fourth-order valence-electron chi connectivity index (χ4n) is 4.34. The van der Waals surface area contributed by atoms with Crippen LogP contribution in [-0.4, -0.2) is 44.8 Å². The fraction of sp³-hybridized carbons (Fsp3) is 0.500. The molecule has 1 aromatic carbocycles. The van der Waals surface area contributed by atoms with Crippen molar-refractivity contribution >= 4 is 16.3 Å². The van der Waals surface area contributed by atoms with Gasteiger partial charge < -0.3 is 9.84 Å². The van der Waals surface area contributed by atoms with E-state index in [1.165, 1.54) is 17.8 Å². The molecule has 1 saturated heterocycles. The van der Waals surface area contributed by atoms with Crippen molar-refractivity contribution in [3.8, 4) is 11.6 Å². The third kappa shape index (κ3) is 3.30. The van der Waals surface area contributed by atoms with Crippen LogP contribution in [0.4, 0.5) is 0 Å². The number of hydrogen-bond donors (Lipinski definition) is 1. The Morgan fingerprint density at radius 2 is 1.93 bits per heavy atom. The number of piperidine rings is 1. The molecule has 3 atom stereocenters. The lowest BCUT2D eigenvalue weighted by atomic mass is 9.89. The SMILES string of the molecule is COc1ccccc1[C@@H](c1sc2nc(C)nn2c1O)N1C[C@@H](C)C[C@H](C)C1. The lowest BCUT2D eigenvalue weighted by molar-refractivity contribution is 0.110. The number of nitrogens with zero attached hydrogens (tertiary/aromatic N) is 4. The van der Waals surface area contributed by atoms with Crippen molar-refractivity contribution in [3.05, 3.63) is 40.5 Å². The van der Waals surface area contributed by atoms with Gasteiger partial charge in [0.05, 0.1) is 18.0 Å².